The summed E-state index contributed by atoms with van der Waals surface area (Å²) in [5, 5.41) is 0. The van der Waals surface area contributed by atoms with Gasteiger partial charge in [-0.25, -0.2) is 4.57 Å². The molecule has 0 aliphatic carbocycles. The van der Waals surface area contributed by atoms with Gasteiger partial charge in [0.25, 0.3) is 0 Å². The van der Waals surface area contributed by atoms with Gasteiger partial charge in [-0.05, 0) is 89.9 Å². The number of rotatable bonds is 38. The molecule has 0 saturated heterocycles. The zero-order valence-corrected chi connectivity index (χ0v) is 38.8. The Bertz CT molecular complexity index is 1430. The molecule has 60 heavy (non-hydrogen) atoms. The number of nitrogens with zero attached hydrogens (tertiary/aromatic N) is 1. The van der Waals surface area contributed by atoms with Gasteiger partial charge >= 0.3 is 19.8 Å². The van der Waals surface area contributed by atoms with Crippen molar-refractivity contribution in [2.45, 2.75) is 136 Å². The monoisotopic (exact) mass is 855 g/mol. The summed E-state index contributed by atoms with van der Waals surface area (Å²) < 4.78 is 34.1. The Hall–Kier alpha value is -3.59. The molecule has 0 fully saturated rings. The van der Waals surface area contributed by atoms with Crippen LogP contribution in [0.3, 0.4) is 0 Å². The number of phosphoric ester groups is 1. The molecule has 0 aromatic heterocycles. The zero-order chi connectivity index (χ0) is 44.3. The Labute approximate surface area is 365 Å². The number of phosphoric acid groups is 1. The van der Waals surface area contributed by atoms with Gasteiger partial charge < -0.3 is 18.9 Å². The van der Waals surface area contributed by atoms with E-state index < -0.39 is 32.5 Å². The van der Waals surface area contributed by atoms with Crippen LogP contribution in [-0.4, -0.2) is 74.9 Å². The van der Waals surface area contributed by atoms with E-state index in [2.05, 4.69) is 117 Å². The van der Waals surface area contributed by atoms with Crippen LogP contribution in [0.5, 0.6) is 0 Å². The maximum atomic E-state index is 12.7. The molecule has 1 unspecified atom stereocenters. The van der Waals surface area contributed by atoms with Crippen molar-refractivity contribution in [3.63, 3.8) is 0 Å². The Kier molecular flexibility index (Phi) is 38.4. The molecule has 0 amide bonds. The van der Waals surface area contributed by atoms with Crippen molar-refractivity contribution in [1.29, 1.82) is 0 Å². The van der Waals surface area contributed by atoms with Crippen molar-refractivity contribution < 1.29 is 42.1 Å². The fourth-order valence-corrected chi connectivity index (χ4v) is 5.77. The Morgan fingerprint density at radius 2 is 0.967 bits per heavy atom. The fraction of sp³-hybridized carbons (Fsp3) is 0.560. The number of allylic oxidation sites excluding steroid dienone is 20. The topological polar surface area (TPSA) is 108 Å². The quantitative estimate of drug-likeness (QED) is 0.0215. The van der Waals surface area contributed by atoms with Gasteiger partial charge in [-0.1, -0.05) is 148 Å². The van der Waals surface area contributed by atoms with Gasteiger partial charge in [0.15, 0.2) is 6.10 Å². The summed E-state index contributed by atoms with van der Waals surface area (Å²) in [6.45, 7) is 4.09. The average molecular weight is 855 g/mol. The minimum atomic E-state index is -4.42. The highest BCUT2D eigenvalue weighted by Crippen LogP contribution is 2.43. The van der Waals surface area contributed by atoms with Crippen LogP contribution < -0.4 is 0 Å². The first-order chi connectivity index (χ1) is 29.0. The molecule has 0 saturated carbocycles. The SMILES string of the molecule is CC/C=C\C/C=C\C/C=C\C/C=C\C/C=C\CCCC(=O)OC[C@H](COP(=O)(O)OCC[N+](C)(C)C)OC(=O)CC/C=C\C/C=C\C/C=C\C/C=C\C/C=C\CCCCC. The number of carbonyl (C=O) groups excluding carboxylic acids is 2. The van der Waals surface area contributed by atoms with E-state index in [1.807, 2.05) is 39.4 Å². The number of unbranched alkanes of at least 4 members (excludes halogenated alkanes) is 4. The summed E-state index contributed by atoms with van der Waals surface area (Å²) in [7, 11) is 1.38. The lowest BCUT2D eigenvalue weighted by Gasteiger charge is -2.24. The van der Waals surface area contributed by atoms with E-state index in [0.29, 0.717) is 23.9 Å². The molecule has 0 heterocycles. The van der Waals surface area contributed by atoms with Crippen LogP contribution in [0.2, 0.25) is 0 Å². The molecular weight excluding hydrogens is 774 g/mol. The van der Waals surface area contributed by atoms with Gasteiger partial charge in [0, 0.05) is 12.8 Å². The molecular formula is C50H81NO8P+. The standard InChI is InChI=1S/C50H80NO8P/c1-6-8-10-12-14-16-18-20-22-24-25-27-29-31-33-35-37-39-41-43-50(53)59-48(47-58-60(54,55)57-45-44-51(3,4)5)46-56-49(52)42-40-38-36-34-32-30-28-26-23-21-19-17-15-13-11-9-7-2/h9,11,14-17,20-23,25,27-28,30-31,33-34,36-37,39,48H,6-8,10,12-13,18-19,24,26,29,32,35,38,40-47H2,1-5H3/p+1/b11-9-,16-14-,17-15-,22-20-,23-21-,27-25-,30-28-,33-31-,36-34-,39-37-/t48-/m1/s1. The maximum absolute atomic E-state index is 12.7. The Balaban J connectivity index is 4.61. The second-order valence-electron chi connectivity index (χ2n) is 15.3. The summed E-state index contributed by atoms with van der Waals surface area (Å²) in [6.07, 6.45) is 57.0. The van der Waals surface area contributed by atoms with E-state index in [4.69, 9.17) is 18.5 Å². The molecule has 10 heteroatoms. The highest BCUT2D eigenvalue weighted by atomic mass is 31.2. The molecule has 0 radical (unpaired) electrons. The van der Waals surface area contributed by atoms with Crippen LogP contribution in [0.1, 0.15) is 129 Å². The first kappa shape index (κ1) is 56.4. The third kappa shape index (κ3) is 44.0. The molecule has 0 aliphatic rings. The van der Waals surface area contributed by atoms with Gasteiger partial charge in [0.1, 0.15) is 19.8 Å². The van der Waals surface area contributed by atoms with E-state index in [-0.39, 0.29) is 26.1 Å². The molecule has 0 spiro atoms. The summed E-state index contributed by atoms with van der Waals surface area (Å²) in [5.74, 6) is -0.978. The average Bonchev–Trinajstić information content (AvgIpc) is 3.20. The van der Waals surface area contributed by atoms with E-state index in [0.717, 1.165) is 64.2 Å². The molecule has 0 aromatic carbocycles. The van der Waals surface area contributed by atoms with Gasteiger partial charge in [-0.2, -0.15) is 0 Å². The van der Waals surface area contributed by atoms with Crippen molar-refractivity contribution >= 4 is 19.8 Å². The van der Waals surface area contributed by atoms with Crippen LogP contribution in [0, 0.1) is 0 Å². The first-order valence-corrected chi connectivity index (χ1v) is 23.8. The van der Waals surface area contributed by atoms with E-state index in [1.165, 1.54) is 25.7 Å². The molecule has 0 aromatic rings. The van der Waals surface area contributed by atoms with E-state index in [9.17, 15) is 19.0 Å². The van der Waals surface area contributed by atoms with Crippen molar-refractivity contribution in [2.24, 2.45) is 0 Å². The number of hydrogen-bond acceptors (Lipinski definition) is 7. The third-order valence-corrected chi connectivity index (χ3v) is 9.47. The van der Waals surface area contributed by atoms with Crippen molar-refractivity contribution in [1.82, 2.24) is 0 Å². The largest absolute Gasteiger partial charge is 0.472 e. The normalized spacial score (nSPS) is 14.7. The zero-order valence-electron chi connectivity index (χ0n) is 37.9. The lowest BCUT2D eigenvalue weighted by atomic mass is 10.2. The lowest BCUT2D eigenvalue weighted by Crippen LogP contribution is -2.37. The van der Waals surface area contributed by atoms with Crippen molar-refractivity contribution in [3.05, 3.63) is 122 Å². The molecule has 0 aliphatic heterocycles. The van der Waals surface area contributed by atoms with Crippen LogP contribution in [0.25, 0.3) is 0 Å². The number of esters is 2. The highest BCUT2D eigenvalue weighted by Gasteiger charge is 2.27. The summed E-state index contributed by atoms with van der Waals surface area (Å²) >= 11 is 0. The second-order valence-corrected chi connectivity index (χ2v) is 16.8. The van der Waals surface area contributed by atoms with E-state index in [1.54, 1.807) is 0 Å². The van der Waals surface area contributed by atoms with Gasteiger partial charge in [-0.3, -0.25) is 18.6 Å². The third-order valence-electron chi connectivity index (χ3n) is 8.49. The van der Waals surface area contributed by atoms with Crippen LogP contribution in [-0.2, 0) is 32.7 Å². The summed E-state index contributed by atoms with van der Waals surface area (Å²) in [4.78, 5) is 35.3. The smallest absolute Gasteiger partial charge is 0.462 e. The molecule has 338 valence electrons. The molecule has 9 nitrogen and oxygen atoms in total. The number of ether oxygens (including phenoxy) is 2. The van der Waals surface area contributed by atoms with Crippen molar-refractivity contribution in [3.8, 4) is 0 Å². The maximum Gasteiger partial charge on any atom is 0.472 e. The van der Waals surface area contributed by atoms with Crippen LogP contribution in [0.4, 0.5) is 0 Å². The molecule has 0 rings (SSSR count). The van der Waals surface area contributed by atoms with Crippen molar-refractivity contribution in [2.75, 3.05) is 47.5 Å². The Morgan fingerprint density at radius 1 is 0.533 bits per heavy atom. The van der Waals surface area contributed by atoms with Crippen LogP contribution >= 0.6 is 7.82 Å². The number of hydrogen-bond donors (Lipinski definition) is 1. The fourth-order valence-electron chi connectivity index (χ4n) is 5.03. The number of carbonyl (C=O) groups is 2. The van der Waals surface area contributed by atoms with Gasteiger partial charge in [-0.15, -0.1) is 0 Å². The van der Waals surface area contributed by atoms with Gasteiger partial charge in [0.05, 0.1) is 27.7 Å². The second kappa shape index (κ2) is 40.8. The predicted octanol–water partition coefficient (Wildman–Crippen LogP) is 12.9. The minimum absolute atomic E-state index is 0.00198. The summed E-state index contributed by atoms with van der Waals surface area (Å²) in [5.41, 5.74) is 0. The number of likely N-dealkylation sites (N-methyl/N-ethyl adjacent to an activating group) is 1. The van der Waals surface area contributed by atoms with Crippen LogP contribution in [0.15, 0.2) is 122 Å². The van der Waals surface area contributed by atoms with E-state index >= 15 is 0 Å². The first-order valence-electron chi connectivity index (χ1n) is 22.3. The molecule has 2 atom stereocenters. The summed E-state index contributed by atoms with van der Waals surface area (Å²) in [6, 6.07) is 0. The number of quaternary nitrogens is 1. The Morgan fingerprint density at radius 3 is 1.42 bits per heavy atom. The minimum Gasteiger partial charge on any atom is -0.462 e. The highest BCUT2D eigenvalue weighted by molar-refractivity contribution is 7.47. The molecule has 0 bridgehead atoms. The predicted molar refractivity (Wildman–Crippen MR) is 251 cm³/mol. The molecule has 1 N–H and O–H groups in total. The van der Waals surface area contributed by atoms with Gasteiger partial charge in [0.2, 0.25) is 0 Å². The lowest BCUT2D eigenvalue weighted by molar-refractivity contribution is -0.870.